The fourth-order valence-electron chi connectivity index (χ4n) is 4.08. The van der Waals surface area contributed by atoms with E-state index in [1.807, 2.05) is 18.2 Å². The maximum Gasteiger partial charge on any atom is 0.326 e. The molecular formula is C22H19ClN2O5. The van der Waals surface area contributed by atoms with Gasteiger partial charge in [0.05, 0.1) is 19.6 Å². The minimum atomic E-state index is -1.71. The molecule has 2 aliphatic rings. The van der Waals surface area contributed by atoms with Crippen LogP contribution >= 0.6 is 11.6 Å². The van der Waals surface area contributed by atoms with Gasteiger partial charge in [0, 0.05) is 16.3 Å². The fourth-order valence-corrected chi connectivity index (χ4v) is 4.25. The monoisotopic (exact) mass is 426 g/mol. The number of benzene rings is 2. The summed E-state index contributed by atoms with van der Waals surface area (Å²) in [6.45, 7) is 1.56. The summed E-state index contributed by atoms with van der Waals surface area (Å²) < 4.78 is 4.97. The third kappa shape index (κ3) is 3.06. The number of esters is 1. The van der Waals surface area contributed by atoms with Gasteiger partial charge in [0.1, 0.15) is 6.54 Å². The molecule has 2 aromatic carbocycles. The first-order valence-electron chi connectivity index (χ1n) is 9.55. The Morgan fingerprint density at radius 1 is 1.07 bits per heavy atom. The molecule has 3 amide bonds. The number of carbonyl (C=O) groups excluding carboxylic acids is 4. The molecule has 2 aliphatic heterocycles. The van der Waals surface area contributed by atoms with Gasteiger partial charge < -0.3 is 4.74 Å². The summed E-state index contributed by atoms with van der Waals surface area (Å²) in [6.07, 6.45) is -0.301. The second-order valence-electron chi connectivity index (χ2n) is 7.21. The smallest absolute Gasteiger partial charge is 0.326 e. The highest BCUT2D eigenvalue weighted by molar-refractivity contribution is 6.32. The zero-order valence-corrected chi connectivity index (χ0v) is 17.0. The van der Waals surface area contributed by atoms with E-state index in [0.29, 0.717) is 16.3 Å². The van der Waals surface area contributed by atoms with Gasteiger partial charge >= 0.3 is 5.97 Å². The lowest BCUT2D eigenvalue weighted by Crippen LogP contribution is -2.47. The Bertz CT molecular complexity index is 1050. The van der Waals surface area contributed by atoms with E-state index in [1.54, 1.807) is 31.2 Å². The quantitative estimate of drug-likeness (QED) is 0.416. The molecule has 0 radical (unpaired) electrons. The van der Waals surface area contributed by atoms with Crippen LogP contribution in [0, 0.1) is 0 Å². The Labute approximate surface area is 178 Å². The first-order chi connectivity index (χ1) is 14.4. The summed E-state index contributed by atoms with van der Waals surface area (Å²) >= 11 is 6.15. The minimum absolute atomic E-state index is 0.0707. The zero-order valence-electron chi connectivity index (χ0n) is 16.3. The van der Waals surface area contributed by atoms with Gasteiger partial charge in [-0.15, -0.1) is 0 Å². The Balaban J connectivity index is 1.75. The number of fused-ring (bicyclic) bond motifs is 2. The number of anilines is 1. The molecule has 1 saturated heterocycles. The molecule has 1 spiro atoms. The summed E-state index contributed by atoms with van der Waals surface area (Å²) in [5, 5.41) is 0.334. The molecule has 1 atom stereocenters. The van der Waals surface area contributed by atoms with Crippen molar-refractivity contribution in [3.63, 3.8) is 0 Å². The predicted molar refractivity (Wildman–Crippen MR) is 109 cm³/mol. The van der Waals surface area contributed by atoms with Gasteiger partial charge in [-0.25, -0.2) is 0 Å². The lowest BCUT2D eigenvalue weighted by molar-refractivity contribution is -0.145. The van der Waals surface area contributed by atoms with Crippen molar-refractivity contribution in [3.05, 3.63) is 64.7 Å². The predicted octanol–water partition coefficient (Wildman–Crippen LogP) is 2.45. The van der Waals surface area contributed by atoms with Crippen LogP contribution in [-0.2, 0) is 35.9 Å². The molecule has 4 rings (SSSR count). The lowest BCUT2D eigenvalue weighted by Gasteiger charge is -2.22. The van der Waals surface area contributed by atoms with Crippen molar-refractivity contribution >= 4 is 41.0 Å². The first kappa shape index (κ1) is 20.1. The Hall–Kier alpha value is -3.19. The van der Waals surface area contributed by atoms with E-state index >= 15 is 0 Å². The number of imide groups is 1. The highest BCUT2D eigenvalue weighted by atomic mass is 35.5. The molecule has 7 nitrogen and oxygen atoms in total. The van der Waals surface area contributed by atoms with Crippen LogP contribution in [0.5, 0.6) is 0 Å². The molecule has 154 valence electrons. The van der Waals surface area contributed by atoms with Crippen LogP contribution in [0.25, 0.3) is 0 Å². The fraction of sp³-hybridized carbons (Fsp3) is 0.273. The maximum atomic E-state index is 13.5. The van der Waals surface area contributed by atoms with Crippen molar-refractivity contribution in [2.45, 2.75) is 25.3 Å². The van der Waals surface area contributed by atoms with Crippen molar-refractivity contribution in [3.8, 4) is 0 Å². The Kier molecular flexibility index (Phi) is 5.07. The van der Waals surface area contributed by atoms with Gasteiger partial charge in [-0.3, -0.25) is 29.0 Å². The summed E-state index contributed by atoms with van der Waals surface area (Å²) in [5.74, 6) is -2.25. The number of ether oxygens (including phenoxy) is 1. The molecule has 0 bridgehead atoms. The molecule has 0 aromatic heterocycles. The number of likely N-dealkylation sites (tertiary alicyclic amines) is 1. The van der Waals surface area contributed by atoms with E-state index < -0.39 is 29.1 Å². The van der Waals surface area contributed by atoms with E-state index in [-0.39, 0.29) is 26.1 Å². The van der Waals surface area contributed by atoms with Gasteiger partial charge in [0.2, 0.25) is 17.7 Å². The van der Waals surface area contributed by atoms with Crippen molar-refractivity contribution in [2.75, 3.05) is 18.1 Å². The average Bonchev–Trinajstić information content (AvgIpc) is 3.10. The highest BCUT2D eigenvalue weighted by Crippen LogP contribution is 2.49. The summed E-state index contributed by atoms with van der Waals surface area (Å²) in [4.78, 5) is 54.2. The lowest BCUT2D eigenvalue weighted by atomic mass is 9.80. The first-order valence-corrected chi connectivity index (χ1v) is 9.92. The van der Waals surface area contributed by atoms with E-state index in [0.717, 1.165) is 10.5 Å². The van der Waals surface area contributed by atoms with Gasteiger partial charge in [0.15, 0.2) is 5.41 Å². The number of carbonyl (C=O) groups is 4. The van der Waals surface area contributed by atoms with Crippen LogP contribution in [0.4, 0.5) is 5.69 Å². The molecule has 1 unspecified atom stereocenters. The van der Waals surface area contributed by atoms with Crippen molar-refractivity contribution in [2.24, 2.45) is 0 Å². The maximum absolute atomic E-state index is 13.5. The third-order valence-corrected chi connectivity index (χ3v) is 5.66. The Morgan fingerprint density at radius 3 is 2.47 bits per heavy atom. The molecule has 0 saturated carbocycles. The van der Waals surface area contributed by atoms with Gasteiger partial charge in [-0.1, -0.05) is 41.9 Å². The number of halogens is 1. The number of rotatable bonds is 5. The van der Waals surface area contributed by atoms with Gasteiger partial charge in [-0.05, 0) is 30.7 Å². The van der Waals surface area contributed by atoms with Crippen LogP contribution < -0.4 is 4.90 Å². The molecule has 0 aliphatic carbocycles. The molecule has 8 heteroatoms. The zero-order chi connectivity index (χ0) is 21.5. The van der Waals surface area contributed by atoms with Crippen LogP contribution in [-0.4, -0.2) is 41.7 Å². The number of amides is 3. The van der Waals surface area contributed by atoms with Crippen LogP contribution in [0.1, 0.15) is 24.5 Å². The normalized spacial score (nSPS) is 20.3. The SMILES string of the molecule is CCOC(=O)CN1C(=O)C2(CC(=O)N(Cc3ccccc3)C2=O)c2cc(Cl)ccc21. The van der Waals surface area contributed by atoms with Crippen LogP contribution in [0.15, 0.2) is 48.5 Å². The molecule has 2 heterocycles. The van der Waals surface area contributed by atoms with Gasteiger partial charge in [0.25, 0.3) is 0 Å². The molecule has 30 heavy (non-hydrogen) atoms. The van der Waals surface area contributed by atoms with Crippen molar-refractivity contribution < 1.29 is 23.9 Å². The van der Waals surface area contributed by atoms with E-state index in [9.17, 15) is 19.2 Å². The molecule has 0 N–H and O–H groups in total. The standard InChI is InChI=1S/C22H19ClN2O5/c1-2-30-19(27)13-24-17-9-8-15(23)10-16(17)22(20(24)28)11-18(26)25(21(22)29)12-14-6-4-3-5-7-14/h3-10H,2,11-13H2,1H3. The number of hydrogen-bond donors (Lipinski definition) is 0. The summed E-state index contributed by atoms with van der Waals surface area (Å²) in [7, 11) is 0. The number of nitrogens with zero attached hydrogens (tertiary/aromatic N) is 2. The van der Waals surface area contributed by atoms with Crippen molar-refractivity contribution in [1.29, 1.82) is 0 Å². The van der Waals surface area contributed by atoms with Crippen LogP contribution in [0.2, 0.25) is 5.02 Å². The second kappa shape index (κ2) is 7.57. The van der Waals surface area contributed by atoms with Crippen LogP contribution in [0.3, 0.4) is 0 Å². The van der Waals surface area contributed by atoms with Crippen molar-refractivity contribution in [1.82, 2.24) is 4.90 Å². The molecular weight excluding hydrogens is 408 g/mol. The Morgan fingerprint density at radius 2 is 1.77 bits per heavy atom. The molecule has 1 fully saturated rings. The third-order valence-electron chi connectivity index (χ3n) is 5.42. The minimum Gasteiger partial charge on any atom is -0.465 e. The average molecular weight is 427 g/mol. The molecule has 2 aromatic rings. The summed E-state index contributed by atoms with van der Waals surface area (Å²) in [6, 6.07) is 13.8. The van der Waals surface area contributed by atoms with E-state index in [2.05, 4.69) is 0 Å². The van der Waals surface area contributed by atoms with E-state index in [1.165, 1.54) is 11.0 Å². The van der Waals surface area contributed by atoms with Gasteiger partial charge in [-0.2, -0.15) is 0 Å². The topological polar surface area (TPSA) is 84.0 Å². The highest BCUT2D eigenvalue weighted by Gasteiger charge is 2.63. The van der Waals surface area contributed by atoms with E-state index in [4.69, 9.17) is 16.3 Å². The largest absolute Gasteiger partial charge is 0.465 e. The summed E-state index contributed by atoms with van der Waals surface area (Å²) in [5.41, 5.74) is -0.201. The number of hydrogen-bond acceptors (Lipinski definition) is 5. The second-order valence-corrected chi connectivity index (χ2v) is 7.65.